The number of para-hydroxylation sites is 1. The lowest BCUT2D eigenvalue weighted by molar-refractivity contribution is -0.123. The molecule has 1 aliphatic rings. The summed E-state index contributed by atoms with van der Waals surface area (Å²) in [5.41, 5.74) is 5.30. The Labute approximate surface area is 147 Å². The Bertz CT molecular complexity index is 631. The summed E-state index contributed by atoms with van der Waals surface area (Å²) in [4.78, 5) is 39.2. The number of likely N-dealkylation sites (tertiary alicyclic amines) is 1. The van der Waals surface area contributed by atoms with Crippen LogP contribution in [0, 0.1) is 5.92 Å². The number of imide groups is 1. The highest BCUT2D eigenvalue weighted by Crippen LogP contribution is 2.24. The van der Waals surface area contributed by atoms with Crippen molar-refractivity contribution in [3.63, 3.8) is 0 Å². The van der Waals surface area contributed by atoms with Crippen molar-refractivity contribution < 1.29 is 19.1 Å². The number of hydrogen-bond donors (Lipinski definition) is 1. The number of urea groups is 1. The third-order valence-electron chi connectivity index (χ3n) is 3.95. The molecule has 2 rings (SSSR count). The van der Waals surface area contributed by atoms with Crippen LogP contribution in [0.1, 0.15) is 33.6 Å². The van der Waals surface area contributed by atoms with Gasteiger partial charge in [0.25, 0.3) is 0 Å². The van der Waals surface area contributed by atoms with Crippen LogP contribution in [0.2, 0.25) is 0 Å². The number of anilines is 1. The van der Waals surface area contributed by atoms with E-state index in [1.807, 2.05) is 20.8 Å². The third kappa shape index (κ3) is 4.95. The van der Waals surface area contributed by atoms with E-state index in [0.717, 1.165) is 4.90 Å². The summed E-state index contributed by atoms with van der Waals surface area (Å²) in [6.45, 7) is 6.25. The third-order valence-corrected chi connectivity index (χ3v) is 3.95. The molecule has 0 spiro atoms. The van der Waals surface area contributed by atoms with Crippen LogP contribution in [-0.4, -0.2) is 41.6 Å². The smallest absolute Gasteiger partial charge is 0.410 e. The fourth-order valence-corrected chi connectivity index (χ4v) is 2.76. The average Bonchev–Trinajstić information content (AvgIpc) is 2.54. The second-order valence-corrected chi connectivity index (χ2v) is 7.09. The van der Waals surface area contributed by atoms with Crippen molar-refractivity contribution >= 4 is 23.7 Å². The van der Waals surface area contributed by atoms with Crippen molar-refractivity contribution in [1.29, 1.82) is 0 Å². The van der Waals surface area contributed by atoms with Crippen molar-refractivity contribution in [3.8, 4) is 0 Å². The summed E-state index contributed by atoms with van der Waals surface area (Å²) in [6, 6.07) is 7.81. The van der Waals surface area contributed by atoms with E-state index < -0.39 is 11.6 Å². The Morgan fingerprint density at radius 2 is 1.68 bits per heavy atom. The number of carbonyl (C=O) groups excluding carboxylic acids is 3. The van der Waals surface area contributed by atoms with Gasteiger partial charge in [0.2, 0.25) is 5.91 Å². The average molecular weight is 347 g/mol. The topological polar surface area (TPSA) is 92.9 Å². The zero-order valence-electron chi connectivity index (χ0n) is 14.9. The van der Waals surface area contributed by atoms with Gasteiger partial charge in [0.1, 0.15) is 5.60 Å². The molecule has 0 radical (unpaired) electrons. The van der Waals surface area contributed by atoms with Crippen LogP contribution in [0.25, 0.3) is 0 Å². The molecule has 0 unspecified atom stereocenters. The number of carbonyl (C=O) groups is 3. The first-order chi connectivity index (χ1) is 11.7. The quantitative estimate of drug-likeness (QED) is 0.890. The van der Waals surface area contributed by atoms with Gasteiger partial charge < -0.3 is 15.4 Å². The Hall–Kier alpha value is -2.57. The summed E-state index contributed by atoms with van der Waals surface area (Å²) in [5.74, 6) is -0.686. The Morgan fingerprint density at radius 3 is 2.16 bits per heavy atom. The second-order valence-electron chi connectivity index (χ2n) is 7.09. The molecule has 2 N–H and O–H groups in total. The van der Waals surface area contributed by atoms with Gasteiger partial charge in [-0.05, 0) is 45.7 Å². The van der Waals surface area contributed by atoms with Gasteiger partial charge in [0, 0.05) is 19.0 Å². The van der Waals surface area contributed by atoms with Crippen molar-refractivity contribution in [2.75, 3.05) is 18.0 Å². The maximum atomic E-state index is 12.7. The Morgan fingerprint density at radius 1 is 1.12 bits per heavy atom. The first-order valence-electron chi connectivity index (χ1n) is 8.35. The van der Waals surface area contributed by atoms with Gasteiger partial charge in [-0.2, -0.15) is 0 Å². The first kappa shape index (κ1) is 18.8. The highest BCUT2D eigenvalue weighted by molar-refractivity contribution is 6.14. The molecule has 0 saturated carbocycles. The summed E-state index contributed by atoms with van der Waals surface area (Å²) in [6.07, 6.45) is 0.553. The molecule has 1 fully saturated rings. The number of rotatable bonds is 2. The normalized spacial score (nSPS) is 15.6. The number of nitrogens with zero attached hydrogens (tertiary/aromatic N) is 2. The zero-order valence-corrected chi connectivity index (χ0v) is 14.9. The summed E-state index contributed by atoms with van der Waals surface area (Å²) in [5, 5.41) is 0. The van der Waals surface area contributed by atoms with E-state index in [2.05, 4.69) is 0 Å². The first-order valence-corrected chi connectivity index (χ1v) is 8.35. The molecule has 1 saturated heterocycles. The number of primary amides is 1. The molecule has 0 aromatic heterocycles. The predicted octanol–water partition coefficient (Wildman–Crippen LogP) is 2.75. The van der Waals surface area contributed by atoms with Crippen LogP contribution in [0.3, 0.4) is 0 Å². The van der Waals surface area contributed by atoms with E-state index >= 15 is 0 Å². The zero-order chi connectivity index (χ0) is 18.6. The predicted molar refractivity (Wildman–Crippen MR) is 94.0 cm³/mol. The van der Waals surface area contributed by atoms with E-state index in [1.165, 1.54) is 0 Å². The summed E-state index contributed by atoms with van der Waals surface area (Å²) >= 11 is 0. The van der Waals surface area contributed by atoms with E-state index in [9.17, 15) is 14.4 Å². The summed E-state index contributed by atoms with van der Waals surface area (Å²) in [7, 11) is 0. The van der Waals surface area contributed by atoms with E-state index in [-0.39, 0.29) is 17.9 Å². The highest BCUT2D eigenvalue weighted by Gasteiger charge is 2.34. The van der Waals surface area contributed by atoms with Crippen molar-refractivity contribution in [2.24, 2.45) is 11.7 Å². The van der Waals surface area contributed by atoms with Crippen LogP contribution in [0.15, 0.2) is 30.3 Å². The van der Waals surface area contributed by atoms with E-state index in [1.54, 1.807) is 35.2 Å². The minimum Gasteiger partial charge on any atom is -0.444 e. The molecule has 25 heavy (non-hydrogen) atoms. The van der Waals surface area contributed by atoms with Gasteiger partial charge in [-0.15, -0.1) is 0 Å². The van der Waals surface area contributed by atoms with Crippen LogP contribution >= 0.6 is 0 Å². The molecule has 4 amide bonds. The van der Waals surface area contributed by atoms with Crippen LogP contribution in [0.4, 0.5) is 15.3 Å². The molecule has 1 aromatic carbocycles. The Balaban J connectivity index is 2.00. The lowest BCUT2D eigenvalue weighted by atomic mass is 9.95. The van der Waals surface area contributed by atoms with Crippen molar-refractivity contribution in [3.05, 3.63) is 30.3 Å². The van der Waals surface area contributed by atoms with Crippen LogP contribution in [0.5, 0.6) is 0 Å². The maximum Gasteiger partial charge on any atom is 0.410 e. The lowest BCUT2D eigenvalue weighted by Crippen LogP contribution is -2.48. The molecule has 0 bridgehead atoms. The monoisotopic (exact) mass is 347 g/mol. The van der Waals surface area contributed by atoms with Crippen LogP contribution in [-0.2, 0) is 9.53 Å². The largest absolute Gasteiger partial charge is 0.444 e. The number of piperidine rings is 1. The number of hydrogen-bond acceptors (Lipinski definition) is 4. The maximum absolute atomic E-state index is 12.7. The van der Waals surface area contributed by atoms with Crippen LogP contribution < -0.4 is 10.6 Å². The van der Waals surface area contributed by atoms with Gasteiger partial charge in [-0.1, -0.05) is 18.2 Å². The lowest BCUT2D eigenvalue weighted by Gasteiger charge is -2.34. The highest BCUT2D eigenvalue weighted by atomic mass is 16.6. The minimum absolute atomic E-state index is 0.331. The molecular formula is C18H25N3O4. The minimum atomic E-state index is -0.800. The second kappa shape index (κ2) is 7.55. The molecule has 1 heterocycles. The fourth-order valence-electron chi connectivity index (χ4n) is 2.76. The van der Waals surface area contributed by atoms with E-state index in [4.69, 9.17) is 10.5 Å². The number of nitrogens with two attached hydrogens (primary N) is 1. The molecule has 1 aromatic rings. The number of benzene rings is 1. The van der Waals surface area contributed by atoms with E-state index in [0.29, 0.717) is 31.6 Å². The molecule has 0 atom stereocenters. The SMILES string of the molecule is CC(C)(C)OC(=O)N1CCC(C(=O)N(C(N)=O)c2ccccc2)CC1. The standard InChI is InChI=1S/C18H25N3O4/c1-18(2,3)25-17(24)20-11-9-13(10-12-20)15(22)21(16(19)23)14-7-5-4-6-8-14/h4-8,13H,9-12H2,1-3H3,(H2,19,23). The van der Waals surface area contributed by atoms with Gasteiger partial charge in [0.15, 0.2) is 0 Å². The summed E-state index contributed by atoms with van der Waals surface area (Å²) < 4.78 is 5.35. The van der Waals surface area contributed by atoms with Crippen molar-refractivity contribution in [2.45, 2.75) is 39.2 Å². The van der Waals surface area contributed by atoms with Crippen molar-refractivity contribution in [1.82, 2.24) is 4.90 Å². The molecular weight excluding hydrogens is 322 g/mol. The molecule has 1 aliphatic heterocycles. The van der Waals surface area contributed by atoms with Gasteiger partial charge in [-0.3, -0.25) is 4.79 Å². The number of amides is 4. The molecule has 0 aliphatic carbocycles. The molecule has 7 heteroatoms. The van der Waals surface area contributed by atoms with Gasteiger partial charge in [-0.25, -0.2) is 14.5 Å². The fraction of sp³-hybridized carbons (Fsp3) is 0.500. The number of ether oxygens (including phenoxy) is 1. The molecule has 7 nitrogen and oxygen atoms in total. The molecule has 136 valence electrons. The van der Waals surface area contributed by atoms with Gasteiger partial charge >= 0.3 is 12.1 Å². The van der Waals surface area contributed by atoms with Gasteiger partial charge in [0.05, 0.1) is 5.69 Å². The Kier molecular flexibility index (Phi) is 5.66.